The van der Waals surface area contributed by atoms with E-state index in [-0.39, 0.29) is 10.6 Å². The molecule has 132 valence electrons. The number of esters is 1. The molecular formula is C17H13ClF3NO3. The third-order valence-electron chi connectivity index (χ3n) is 3.24. The second kappa shape index (κ2) is 7.57. The van der Waals surface area contributed by atoms with Crippen LogP contribution in [-0.4, -0.2) is 18.0 Å². The Morgan fingerprint density at radius 2 is 1.68 bits per heavy atom. The SMILES string of the molecule is C[C@H](OC(=O)c1ccccc1Cl)C(=O)Nc1ccccc1C(F)(F)F. The number of benzene rings is 2. The Morgan fingerprint density at radius 3 is 2.32 bits per heavy atom. The zero-order valence-electron chi connectivity index (χ0n) is 12.9. The van der Waals surface area contributed by atoms with Gasteiger partial charge >= 0.3 is 12.1 Å². The molecule has 1 N–H and O–H groups in total. The summed E-state index contributed by atoms with van der Waals surface area (Å²) in [4.78, 5) is 24.0. The molecule has 8 heteroatoms. The number of nitrogens with one attached hydrogen (secondary N) is 1. The van der Waals surface area contributed by atoms with Crippen LogP contribution in [0.15, 0.2) is 48.5 Å². The van der Waals surface area contributed by atoms with Crippen molar-refractivity contribution in [3.05, 3.63) is 64.7 Å². The summed E-state index contributed by atoms with van der Waals surface area (Å²) in [5.74, 6) is -1.74. The molecule has 1 atom stereocenters. The van der Waals surface area contributed by atoms with Gasteiger partial charge in [-0.2, -0.15) is 13.2 Å². The lowest BCUT2D eigenvalue weighted by Gasteiger charge is -2.17. The van der Waals surface area contributed by atoms with Crippen molar-refractivity contribution in [2.24, 2.45) is 0 Å². The monoisotopic (exact) mass is 371 g/mol. The van der Waals surface area contributed by atoms with E-state index in [0.717, 1.165) is 12.1 Å². The number of carbonyl (C=O) groups excluding carboxylic acids is 2. The van der Waals surface area contributed by atoms with Crippen LogP contribution in [0.25, 0.3) is 0 Å². The summed E-state index contributed by atoms with van der Waals surface area (Å²) in [6, 6.07) is 10.6. The minimum absolute atomic E-state index is 0.0551. The summed E-state index contributed by atoms with van der Waals surface area (Å²) >= 11 is 5.86. The number of amides is 1. The summed E-state index contributed by atoms with van der Waals surface area (Å²) in [5, 5.41) is 2.26. The smallest absolute Gasteiger partial charge is 0.418 e. The van der Waals surface area contributed by atoms with E-state index in [4.69, 9.17) is 16.3 Å². The molecule has 0 heterocycles. The van der Waals surface area contributed by atoms with Crippen molar-refractivity contribution in [3.8, 4) is 0 Å². The summed E-state index contributed by atoms with van der Waals surface area (Å²) < 4.78 is 43.7. The third-order valence-corrected chi connectivity index (χ3v) is 3.57. The molecule has 0 saturated heterocycles. The normalized spacial score (nSPS) is 12.4. The van der Waals surface area contributed by atoms with Crippen molar-refractivity contribution < 1.29 is 27.5 Å². The predicted octanol–water partition coefficient (Wildman–Crippen LogP) is 4.54. The minimum atomic E-state index is -4.62. The number of halogens is 4. The largest absolute Gasteiger partial charge is 0.449 e. The Morgan fingerprint density at radius 1 is 1.08 bits per heavy atom. The lowest BCUT2D eigenvalue weighted by molar-refractivity contribution is -0.137. The molecule has 2 aromatic carbocycles. The molecule has 0 saturated carbocycles. The first-order chi connectivity index (χ1) is 11.7. The molecule has 0 bridgehead atoms. The number of para-hydroxylation sites is 1. The van der Waals surface area contributed by atoms with Gasteiger partial charge < -0.3 is 10.1 Å². The van der Waals surface area contributed by atoms with Gasteiger partial charge in [-0.15, -0.1) is 0 Å². The number of ether oxygens (including phenoxy) is 1. The molecule has 0 aromatic heterocycles. The highest BCUT2D eigenvalue weighted by Crippen LogP contribution is 2.34. The van der Waals surface area contributed by atoms with Gasteiger partial charge in [0.2, 0.25) is 0 Å². The average Bonchev–Trinajstić information content (AvgIpc) is 2.54. The molecular weight excluding hydrogens is 359 g/mol. The van der Waals surface area contributed by atoms with Gasteiger partial charge in [0.15, 0.2) is 6.10 Å². The van der Waals surface area contributed by atoms with Gasteiger partial charge in [-0.3, -0.25) is 4.79 Å². The van der Waals surface area contributed by atoms with Gasteiger partial charge in [0.1, 0.15) is 0 Å². The highest BCUT2D eigenvalue weighted by Gasteiger charge is 2.34. The van der Waals surface area contributed by atoms with Crippen LogP contribution in [0.5, 0.6) is 0 Å². The number of carbonyl (C=O) groups is 2. The Labute approximate surface area is 146 Å². The van der Waals surface area contributed by atoms with Gasteiger partial charge in [0.25, 0.3) is 5.91 Å². The third kappa shape index (κ3) is 4.73. The van der Waals surface area contributed by atoms with E-state index < -0.39 is 35.4 Å². The van der Waals surface area contributed by atoms with Crippen LogP contribution in [0, 0.1) is 0 Å². The van der Waals surface area contributed by atoms with E-state index in [1.807, 2.05) is 0 Å². The molecule has 25 heavy (non-hydrogen) atoms. The van der Waals surface area contributed by atoms with E-state index in [9.17, 15) is 22.8 Å². The number of rotatable bonds is 4. The first kappa shape index (κ1) is 18.8. The van der Waals surface area contributed by atoms with Crippen LogP contribution in [0.4, 0.5) is 18.9 Å². The topological polar surface area (TPSA) is 55.4 Å². The summed E-state index contributed by atoms with van der Waals surface area (Å²) in [7, 11) is 0. The zero-order valence-corrected chi connectivity index (χ0v) is 13.7. The second-order valence-electron chi connectivity index (χ2n) is 5.06. The van der Waals surface area contributed by atoms with Crippen molar-refractivity contribution in [1.29, 1.82) is 0 Å². The van der Waals surface area contributed by atoms with Crippen LogP contribution in [0.3, 0.4) is 0 Å². The fourth-order valence-electron chi connectivity index (χ4n) is 1.98. The molecule has 4 nitrogen and oxygen atoms in total. The van der Waals surface area contributed by atoms with Crippen molar-refractivity contribution in [3.63, 3.8) is 0 Å². The molecule has 0 aliphatic heterocycles. The first-order valence-electron chi connectivity index (χ1n) is 7.12. The number of hydrogen-bond acceptors (Lipinski definition) is 3. The van der Waals surface area contributed by atoms with Gasteiger partial charge in [-0.25, -0.2) is 4.79 Å². The van der Waals surface area contributed by atoms with Gasteiger partial charge in [0.05, 0.1) is 21.8 Å². The molecule has 0 spiro atoms. The molecule has 0 fully saturated rings. The highest BCUT2D eigenvalue weighted by atomic mass is 35.5. The number of hydrogen-bond donors (Lipinski definition) is 1. The van der Waals surface area contributed by atoms with Crippen LogP contribution in [0.2, 0.25) is 5.02 Å². The van der Waals surface area contributed by atoms with Crippen molar-refractivity contribution in [2.75, 3.05) is 5.32 Å². The van der Waals surface area contributed by atoms with E-state index in [1.54, 1.807) is 12.1 Å². The molecule has 0 aliphatic rings. The van der Waals surface area contributed by atoms with Gasteiger partial charge in [0, 0.05) is 0 Å². The number of anilines is 1. The Hall–Kier alpha value is -2.54. The highest BCUT2D eigenvalue weighted by molar-refractivity contribution is 6.33. The maximum Gasteiger partial charge on any atom is 0.418 e. The molecule has 1 amide bonds. The lowest BCUT2D eigenvalue weighted by Crippen LogP contribution is -2.30. The van der Waals surface area contributed by atoms with E-state index in [1.165, 1.54) is 31.2 Å². The van der Waals surface area contributed by atoms with Crippen LogP contribution >= 0.6 is 11.6 Å². The molecule has 2 rings (SSSR count). The number of alkyl halides is 3. The maximum atomic E-state index is 12.9. The standard InChI is InChI=1S/C17H13ClF3NO3/c1-10(25-16(24)11-6-2-4-8-13(11)18)15(23)22-14-9-5-3-7-12(14)17(19,20)21/h2-10H,1H3,(H,22,23)/t10-/m0/s1. The average molecular weight is 372 g/mol. The second-order valence-corrected chi connectivity index (χ2v) is 5.47. The van der Waals surface area contributed by atoms with Gasteiger partial charge in [-0.1, -0.05) is 35.9 Å². The van der Waals surface area contributed by atoms with Crippen molar-refractivity contribution >= 4 is 29.2 Å². The summed E-state index contributed by atoms with van der Waals surface area (Å²) in [6.07, 6.45) is -5.94. The van der Waals surface area contributed by atoms with Crippen molar-refractivity contribution in [2.45, 2.75) is 19.2 Å². The molecule has 0 radical (unpaired) electrons. The van der Waals surface area contributed by atoms with Crippen molar-refractivity contribution in [1.82, 2.24) is 0 Å². The molecule has 0 unspecified atom stereocenters. The Balaban J connectivity index is 2.09. The summed E-state index contributed by atoms with van der Waals surface area (Å²) in [6.45, 7) is 1.25. The quantitative estimate of drug-likeness (QED) is 0.803. The van der Waals surface area contributed by atoms with Crippen LogP contribution in [-0.2, 0) is 15.7 Å². The van der Waals surface area contributed by atoms with E-state index >= 15 is 0 Å². The van der Waals surface area contributed by atoms with Crippen LogP contribution < -0.4 is 5.32 Å². The summed E-state index contributed by atoms with van der Waals surface area (Å²) in [5.41, 5.74) is -1.35. The molecule has 0 aliphatic carbocycles. The molecule has 2 aromatic rings. The zero-order chi connectivity index (χ0) is 18.6. The fraction of sp³-hybridized carbons (Fsp3) is 0.176. The maximum absolute atomic E-state index is 12.9. The Bertz CT molecular complexity index is 793. The van der Waals surface area contributed by atoms with Gasteiger partial charge in [-0.05, 0) is 31.2 Å². The lowest BCUT2D eigenvalue weighted by atomic mass is 10.1. The minimum Gasteiger partial charge on any atom is -0.449 e. The van der Waals surface area contributed by atoms with E-state index in [2.05, 4.69) is 5.32 Å². The predicted molar refractivity (Wildman–Crippen MR) is 86.4 cm³/mol. The van der Waals surface area contributed by atoms with E-state index in [0.29, 0.717) is 0 Å². The Kier molecular flexibility index (Phi) is 5.69. The van der Waals surface area contributed by atoms with Crippen LogP contribution in [0.1, 0.15) is 22.8 Å². The fourth-order valence-corrected chi connectivity index (χ4v) is 2.19. The first-order valence-corrected chi connectivity index (χ1v) is 7.50.